The van der Waals surface area contributed by atoms with Gasteiger partial charge < -0.3 is 24.7 Å². The quantitative estimate of drug-likeness (QED) is 0.444. The van der Waals surface area contributed by atoms with Gasteiger partial charge in [-0.1, -0.05) is 26.0 Å². The molecule has 2 aromatic heterocycles. The van der Waals surface area contributed by atoms with E-state index in [4.69, 9.17) is 9.47 Å². The van der Waals surface area contributed by atoms with Gasteiger partial charge in [0.2, 0.25) is 5.91 Å². The Morgan fingerprint density at radius 2 is 1.91 bits per heavy atom. The number of hydrogen-bond acceptors (Lipinski definition) is 6. The van der Waals surface area contributed by atoms with E-state index in [1.165, 1.54) is 19.2 Å². The summed E-state index contributed by atoms with van der Waals surface area (Å²) in [6.07, 6.45) is 1.96. The average molecular weight is 457 g/mol. The van der Waals surface area contributed by atoms with Gasteiger partial charge in [0.15, 0.2) is 5.69 Å². The fourth-order valence-corrected chi connectivity index (χ4v) is 3.53. The maximum Gasteiger partial charge on any atom is 0.356 e. The van der Waals surface area contributed by atoms with Crippen LogP contribution in [0.15, 0.2) is 36.5 Å². The molecule has 0 aliphatic rings. The van der Waals surface area contributed by atoms with Crippen LogP contribution in [0.25, 0.3) is 11.0 Å². The predicted octanol–water partition coefficient (Wildman–Crippen LogP) is 4.21. The Morgan fingerprint density at radius 1 is 1.18 bits per heavy atom. The Balaban J connectivity index is 2.04. The number of amides is 1. The molecule has 0 radical (unpaired) electrons. The van der Waals surface area contributed by atoms with Gasteiger partial charge in [0.1, 0.15) is 11.5 Å². The summed E-state index contributed by atoms with van der Waals surface area (Å²) in [6.45, 7) is 5.05. The Morgan fingerprint density at radius 3 is 2.55 bits per heavy atom. The number of ether oxygens (including phenoxy) is 2. The van der Waals surface area contributed by atoms with Crippen LogP contribution in [0.2, 0.25) is 0 Å². The van der Waals surface area contributed by atoms with Crippen LogP contribution >= 0.6 is 0 Å². The number of aromatic nitrogens is 2. The number of carbonyl (C=O) groups is 2. The smallest absolute Gasteiger partial charge is 0.356 e. The van der Waals surface area contributed by atoms with Gasteiger partial charge in [-0.3, -0.25) is 4.79 Å². The minimum Gasteiger partial charge on any atom is -0.464 e. The zero-order valence-electron chi connectivity index (χ0n) is 19.3. The van der Waals surface area contributed by atoms with Crippen molar-refractivity contribution in [1.82, 2.24) is 9.55 Å². The fourth-order valence-electron chi connectivity index (χ4n) is 3.53. The number of rotatable bonds is 10. The molecule has 2 N–H and O–H groups in total. The Bertz CT molecular complexity index is 1130. The number of anilines is 2. The summed E-state index contributed by atoms with van der Waals surface area (Å²) in [5.41, 5.74) is 2.68. The summed E-state index contributed by atoms with van der Waals surface area (Å²) < 4.78 is 25.1. The number of carbonyl (C=O) groups excluding carboxylic acids is 2. The molecular formula is C24H29FN4O4. The molecule has 0 atom stereocenters. The minimum atomic E-state index is -0.579. The number of methoxy groups -OCH3 is 2. The SMILES string of the molecule is COCCn1c(C(=O)OC)c(NC(=O)CC(C)C)c2cc(NCc3ccc(F)cc3)cnc21. The summed E-state index contributed by atoms with van der Waals surface area (Å²) in [5, 5.41) is 6.75. The highest BCUT2D eigenvalue weighted by molar-refractivity contribution is 6.11. The molecule has 0 aliphatic heterocycles. The zero-order valence-corrected chi connectivity index (χ0v) is 19.3. The van der Waals surface area contributed by atoms with Gasteiger partial charge in [-0.15, -0.1) is 0 Å². The monoisotopic (exact) mass is 456 g/mol. The van der Waals surface area contributed by atoms with E-state index in [0.29, 0.717) is 48.5 Å². The molecule has 0 aliphatic carbocycles. The molecule has 0 unspecified atom stereocenters. The summed E-state index contributed by atoms with van der Waals surface area (Å²) >= 11 is 0. The molecule has 2 heterocycles. The number of esters is 1. The second-order valence-electron chi connectivity index (χ2n) is 8.08. The van der Waals surface area contributed by atoms with Crippen molar-refractivity contribution in [1.29, 1.82) is 0 Å². The van der Waals surface area contributed by atoms with Crippen LogP contribution in [0.3, 0.4) is 0 Å². The van der Waals surface area contributed by atoms with Crippen LogP contribution in [0.1, 0.15) is 36.3 Å². The third kappa shape index (κ3) is 5.87. The summed E-state index contributed by atoms with van der Waals surface area (Å²) in [7, 11) is 2.86. The van der Waals surface area contributed by atoms with Crippen molar-refractivity contribution in [3.63, 3.8) is 0 Å². The average Bonchev–Trinajstić information content (AvgIpc) is 3.08. The molecular weight excluding hydrogens is 427 g/mol. The summed E-state index contributed by atoms with van der Waals surface area (Å²) in [5.74, 6) is -0.925. The lowest BCUT2D eigenvalue weighted by Gasteiger charge is -2.11. The minimum absolute atomic E-state index is 0.152. The highest BCUT2D eigenvalue weighted by atomic mass is 19.1. The Kier molecular flexibility index (Phi) is 8.00. The van der Waals surface area contributed by atoms with Crippen molar-refractivity contribution in [3.8, 4) is 0 Å². The van der Waals surface area contributed by atoms with Crippen molar-refractivity contribution in [2.45, 2.75) is 33.4 Å². The van der Waals surface area contributed by atoms with Gasteiger partial charge in [-0.25, -0.2) is 14.2 Å². The lowest BCUT2D eigenvalue weighted by Crippen LogP contribution is -2.19. The van der Waals surface area contributed by atoms with E-state index in [1.807, 2.05) is 19.9 Å². The number of hydrogen-bond donors (Lipinski definition) is 2. The van der Waals surface area contributed by atoms with Crippen LogP contribution in [-0.4, -0.2) is 42.3 Å². The van der Waals surface area contributed by atoms with Gasteiger partial charge in [-0.2, -0.15) is 0 Å². The molecule has 9 heteroatoms. The molecule has 0 bridgehead atoms. The molecule has 1 amide bonds. The van der Waals surface area contributed by atoms with Gasteiger partial charge in [-0.05, 0) is 29.7 Å². The third-order valence-corrected chi connectivity index (χ3v) is 5.06. The van der Waals surface area contributed by atoms with Crippen molar-refractivity contribution in [2.75, 3.05) is 31.5 Å². The number of nitrogens with one attached hydrogen (secondary N) is 2. The molecule has 0 fully saturated rings. The standard InChI is InChI=1S/C24H29FN4O4/c1-15(2)11-20(30)28-21-19-12-18(26-13-16-5-7-17(25)8-6-16)14-27-23(19)29(9-10-32-3)22(21)24(31)33-4/h5-8,12,14-15,26H,9-11,13H2,1-4H3,(H,28,30). The number of benzene rings is 1. The van der Waals surface area contributed by atoms with Crippen LogP contribution in [0.5, 0.6) is 0 Å². The van der Waals surface area contributed by atoms with Crippen molar-refractivity contribution < 1.29 is 23.5 Å². The van der Waals surface area contributed by atoms with E-state index in [-0.39, 0.29) is 23.3 Å². The lowest BCUT2D eigenvalue weighted by molar-refractivity contribution is -0.116. The second kappa shape index (κ2) is 10.9. The molecule has 8 nitrogen and oxygen atoms in total. The van der Waals surface area contributed by atoms with Crippen LogP contribution in [0, 0.1) is 11.7 Å². The van der Waals surface area contributed by atoms with E-state index < -0.39 is 5.97 Å². The third-order valence-electron chi connectivity index (χ3n) is 5.06. The molecule has 33 heavy (non-hydrogen) atoms. The highest BCUT2D eigenvalue weighted by Crippen LogP contribution is 2.33. The van der Waals surface area contributed by atoms with Gasteiger partial charge in [0, 0.05) is 32.0 Å². The van der Waals surface area contributed by atoms with E-state index in [9.17, 15) is 14.0 Å². The first-order valence-electron chi connectivity index (χ1n) is 10.7. The van der Waals surface area contributed by atoms with Crippen LogP contribution in [-0.2, 0) is 27.4 Å². The zero-order chi connectivity index (χ0) is 24.0. The van der Waals surface area contributed by atoms with Gasteiger partial charge in [0.25, 0.3) is 0 Å². The maximum absolute atomic E-state index is 13.2. The molecule has 1 aromatic carbocycles. The van der Waals surface area contributed by atoms with E-state index in [2.05, 4.69) is 15.6 Å². The molecule has 3 rings (SSSR count). The molecule has 176 valence electrons. The number of halogens is 1. The largest absolute Gasteiger partial charge is 0.464 e. The van der Waals surface area contributed by atoms with Crippen molar-refractivity contribution in [2.24, 2.45) is 5.92 Å². The first kappa shape index (κ1) is 24.2. The van der Waals surface area contributed by atoms with E-state index >= 15 is 0 Å². The normalized spacial score (nSPS) is 11.1. The van der Waals surface area contributed by atoms with E-state index in [0.717, 1.165) is 5.56 Å². The predicted molar refractivity (Wildman–Crippen MR) is 125 cm³/mol. The molecule has 0 spiro atoms. The van der Waals surface area contributed by atoms with Crippen LogP contribution in [0.4, 0.5) is 15.8 Å². The number of fused-ring (bicyclic) bond motifs is 1. The lowest BCUT2D eigenvalue weighted by atomic mass is 10.1. The molecule has 0 saturated carbocycles. The first-order valence-corrected chi connectivity index (χ1v) is 10.7. The van der Waals surface area contributed by atoms with E-state index in [1.54, 1.807) is 30.0 Å². The maximum atomic E-state index is 13.2. The number of nitrogens with zero attached hydrogens (tertiary/aromatic N) is 2. The second-order valence-corrected chi connectivity index (χ2v) is 8.08. The van der Waals surface area contributed by atoms with Crippen LogP contribution < -0.4 is 10.6 Å². The Labute approximate surface area is 192 Å². The van der Waals surface area contributed by atoms with Gasteiger partial charge >= 0.3 is 5.97 Å². The summed E-state index contributed by atoms with van der Waals surface area (Å²) in [4.78, 5) is 29.9. The molecule has 0 saturated heterocycles. The topological polar surface area (TPSA) is 94.5 Å². The Hall–Kier alpha value is -3.46. The first-order chi connectivity index (χ1) is 15.8. The molecule has 3 aromatic rings. The van der Waals surface area contributed by atoms with Gasteiger partial charge in [0.05, 0.1) is 31.3 Å². The summed E-state index contributed by atoms with van der Waals surface area (Å²) in [6, 6.07) is 8.02. The highest BCUT2D eigenvalue weighted by Gasteiger charge is 2.26. The van der Waals surface area contributed by atoms with Crippen molar-refractivity contribution in [3.05, 3.63) is 53.6 Å². The fraction of sp³-hybridized carbons (Fsp3) is 0.375. The van der Waals surface area contributed by atoms with Crippen molar-refractivity contribution >= 4 is 34.3 Å². The number of pyridine rings is 1.